The fourth-order valence-corrected chi connectivity index (χ4v) is 2.81. The summed E-state index contributed by atoms with van der Waals surface area (Å²) in [5.74, 6) is 0. The van der Waals surface area contributed by atoms with Crippen molar-refractivity contribution in [3.63, 3.8) is 0 Å². The number of nitrogens with one attached hydrogen (secondary N) is 1. The third-order valence-electron chi connectivity index (χ3n) is 4.41. The molecular weight excluding hydrogens is 300 g/mol. The van der Waals surface area contributed by atoms with Crippen LogP contribution in [-0.4, -0.2) is 29.1 Å². The molecule has 19 heavy (non-hydrogen) atoms. The van der Waals surface area contributed by atoms with Gasteiger partial charge in [0, 0.05) is 35.2 Å². The van der Waals surface area contributed by atoms with Crippen LogP contribution in [0.3, 0.4) is 0 Å². The molecule has 0 aliphatic carbocycles. The molecular formula is C16H25BrN2. The van der Waals surface area contributed by atoms with Crippen molar-refractivity contribution in [1.82, 2.24) is 10.2 Å². The predicted molar refractivity (Wildman–Crippen MR) is 85.3 cm³/mol. The fraction of sp³-hybridized carbons (Fsp3) is 0.625. The van der Waals surface area contributed by atoms with Gasteiger partial charge in [0.1, 0.15) is 0 Å². The second kappa shape index (κ2) is 5.55. The number of hydrogen-bond donors (Lipinski definition) is 1. The minimum Gasteiger partial charge on any atom is -0.308 e. The average molecular weight is 325 g/mol. The van der Waals surface area contributed by atoms with E-state index in [0.29, 0.717) is 0 Å². The van der Waals surface area contributed by atoms with E-state index >= 15 is 0 Å². The van der Waals surface area contributed by atoms with E-state index in [-0.39, 0.29) is 11.1 Å². The highest BCUT2D eigenvalue weighted by Gasteiger charge is 2.38. The third kappa shape index (κ3) is 3.59. The average Bonchev–Trinajstić information content (AvgIpc) is 2.37. The van der Waals surface area contributed by atoms with Crippen molar-refractivity contribution < 1.29 is 0 Å². The van der Waals surface area contributed by atoms with Gasteiger partial charge in [-0.1, -0.05) is 35.0 Å². The number of piperazine rings is 1. The number of hydrogen-bond acceptors (Lipinski definition) is 2. The van der Waals surface area contributed by atoms with Gasteiger partial charge in [0.25, 0.3) is 0 Å². The van der Waals surface area contributed by atoms with E-state index in [1.165, 1.54) is 12.0 Å². The van der Waals surface area contributed by atoms with Crippen molar-refractivity contribution in [1.29, 1.82) is 0 Å². The van der Waals surface area contributed by atoms with Gasteiger partial charge in [0.05, 0.1) is 0 Å². The molecule has 1 N–H and O–H groups in total. The highest BCUT2D eigenvalue weighted by atomic mass is 79.9. The molecule has 1 aromatic carbocycles. The molecule has 0 amide bonds. The van der Waals surface area contributed by atoms with Crippen LogP contribution in [0.15, 0.2) is 28.7 Å². The maximum Gasteiger partial charge on any atom is 0.0282 e. The van der Waals surface area contributed by atoms with Gasteiger partial charge < -0.3 is 5.32 Å². The summed E-state index contributed by atoms with van der Waals surface area (Å²) in [7, 11) is 0. The molecule has 1 unspecified atom stereocenters. The van der Waals surface area contributed by atoms with Gasteiger partial charge in [-0.05, 0) is 44.9 Å². The van der Waals surface area contributed by atoms with Gasteiger partial charge in [-0.3, -0.25) is 4.90 Å². The SMILES string of the molecule is CCC1(C)CN(Cc2ccc(Br)cc2)C(C)(C)CN1. The molecule has 1 aliphatic heterocycles. The standard InChI is InChI=1S/C16H25BrN2/c1-5-16(4)12-19(15(2,3)11-18-16)10-13-6-8-14(17)9-7-13/h6-9,18H,5,10-12H2,1-4H3. The van der Waals surface area contributed by atoms with Crippen LogP contribution in [0, 0.1) is 0 Å². The molecule has 3 heteroatoms. The Morgan fingerprint density at radius 3 is 2.42 bits per heavy atom. The summed E-state index contributed by atoms with van der Waals surface area (Å²) in [6.45, 7) is 12.4. The Kier molecular flexibility index (Phi) is 4.38. The van der Waals surface area contributed by atoms with Gasteiger partial charge in [0.2, 0.25) is 0 Å². The van der Waals surface area contributed by atoms with Gasteiger partial charge in [-0.25, -0.2) is 0 Å². The highest BCUT2D eigenvalue weighted by Crippen LogP contribution is 2.27. The molecule has 1 fully saturated rings. The Bertz CT molecular complexity index is 427. The highest BCUT2D eigenvalue weighted by molar-refractivity contribution is 9.10. The first-order valence-corrected chi connectivity index (χ1v) is 7.88. The largest absolute Gasteiger partial charge is 0.308 e. The first-order chi connectivity index (χ1) is 8.85. The summed E-state index contributed by atoms with van der Waals surface area (Å²) in [6, 6.07) is 8.68. The zero-order chi connectivity index (χ0) is 14.1. The quantitative estimate of drug-likeness (QED) is 0.909. The van der Waals surface area contributed by atoms with Crippen LogP contribution >= 0.6 is 15.9 Å². The first-order valence-electron chi connectivity index (χ1n) is 7.09. The number of rotatable bonds is 3. The third-order valence-corrected chi connectivity index (χ3v) is 4.94. The van der Waals surface area contributed by atoms with Crippen molar-refractivity contribution in [3.8, 4) is 0 Å². The Balaban J connectivity index is 2.13. The van der Waals surface area contributed by atoms with Crippen molar-refractivity contribution in [2.75, 3.05) is 13.1 Å². The Morgan fingerprint density at radius 2 is 1.84 bits per heavy atom. The van der Waals surface area contributed by atoms with Gasteiger partial charge in [-0.2, -0.15) is 0 Å². The molecule has 2 rings (SSSR count). The van der Waals surface area contributed by atoms with Crippen LogP contribution in [0.4, 0.5) is 0 Å². The van der Waals surface area contributed by atoms with E-state index in [0.717, 1.165) is 24.1 Å². The second-order valence-corrected chi connectivity index (χ2v) is 7.48. The van der Waals surface area contributed by atoms with Gasteiger partial charge in [-0.15, -0.1) is 0 Å². The smallest absolute Gasteiger partial charge is 0.0282 e. The summed E-state index contributed by atoms with van der Waals surface area (Å²) >= 11 is 3.50. The lowest BCUT2D eigenvalue weighted by molar-refractivity contribution is 0.0246. The number of nitrogens with zero attached hydrogens (tertiary/aromatic N) is 1. The van der Waals surface area contributed by atoms with E-state index in [9.17, 15) is 0 Å². The molecule has 0 saturated carbocycles. The molecule has 1 aliphatic rings. The van der Waals surface area contributed by atoms with Crippen LogP contribution in [0.2, 0.25) is 0 Å². The Morgan fingerprint density at radius 1 is 1.21 bits per heavy atom. The maximum atomic E-state index is 3.71. The lowest BCUT2D eigenvalue weighted by atomic mass is 9.88. The van der Waals surface area contributed by atoms with Crippen molar-refractivity contribution in [2.45, 2.75) is 51.7 Å². The maximum absolute atomic E-state index is 3.71. The molecule has 0 bridgehead atoms. The summed E-state index contributed by atoms with van der Waals surface area (Å²) in [5.41, 5.74) is 1.84. The van der Waals surface area contributed by atoms with E-state index in [2.05, 4.69) is 78.1 Å². The lowest BCUT2D eigenvalue weighted by Gasteiger charge is -2.50. The summed E-state index contributed by atoms with van der Waals surface area (Å²) in [4.78, 5) is 2.61. The lowest BCUT2D eigenvalue weighted by Crippen LogP contribution is -2.66. The Hall–Kier alpha value is -0.380. The molecule has 1 saturated heterocycles. The molecule has 106 valence electrons. The van der Waals surface area contributed by atoms with E-state index in [4.69, 9.17) is 0 Å². The molecule has 0 spiro atoms. The summed E-state index contributed by atoms with van der Waals surface area (Å²) in [6.07, 6.45) is 1.17. The molecule has 1 atom stereocenters. The zero-order valence-corrected chi connectivity index (χ0v) is 14.0. The first kappa shape index (κ1) is 15.0. The fourth-order valence-electron chi connectivity index (χ4n) is 2.55. The minimum absolute atomic E-state index is 0.210. The van der Waals surface area contributed by atoms with Crippen molar-refractivity contribution in [2.24, 2.45) is 0 Å². The molecule has 2 nitrogen and oxygen atoms in total. The second-order valence-electron chi connectivity index (χ2n) is 6.56. The van der Waals surface area contributed by atoms with Crippen molar-refractivity contribution in [3.05, 3.63) is 34.3 Å². The van der Waals surface area contributed by atoms with E-state index in [1.54, 1.807) is 0 Å². The number of benzene rings is 1. The monoisotopic (exact) mass is 324 g/mol. The van der Waals surface area contributed by atoms with Gasteiger partial charge >= 0.3 is 0 Å². The predicted octanol–water partition coefficient (Wildman–Crippen LogP) is 3.80. The molecule has 0 aromatic heterocycles. The molecule has 1 heterocycles. The van der Waals surface area contributed by atoms with Crippen molar-refractivity contribution >= 4 is 15.9 Å². The Labute approximate surface area is 125 Å². The van der Waals surface area contributed by atoms with Gasteiger partial charge in [0.15, 0.2) is 0 Å². The van der Waals surface area contributed by atoms with Crippen LogP contribution in [0.25, 0.3) is 0 Å². The minimum atomic E-state index is 0.210. The van der Waals surface area contributed by atoms with Crippen LogP contribution in [0.5, 0.6) is 0 Å². The van der Waals surface area contributed by atoms with Crippen LogP contribution in [0.1, 0.15) is 39.7 Å². The summed E-state index contributed by atoms with van der Waals surface area (Å²) in [5, 5.41) is 3.71. The summed E-state index contributed by atoms with van der Waals surface area (Å²) < 4.78 is 1.15. The molecule has 1 aromatic rings. The topological polar surface area (TPSA) is 15.3 Å². The van der Waals surface area contributed by atoms with E-state index < -0.39 is 0 Å². The zero-order valence-electron chi connectivity index (χ0n) is 12.5. The van der Waals surface area contributed by atoms with Crippen LogP contribution in [-0.2, 0) is 6.54 Å². The normalized spacial score (nSPS) is 27.4. The van der Waals surface area contributed by atoms with E-state index in [1.807, 2.05) is 0 Å². The van der Waals surface area contributed by atoms with Crippen LogP contribution < -0.4 is 5.32 Å². The number of halogens is 1. The molecule has 0 radical (unpaired) electrons.